The first-order valence-corrected chi connectivity index (χ1v) is 5.23. The Labute approximate surface area is 76.1 Å². The summed E-state index contributed by atoms with van der Waals surface area (Å²) >= 11 is 0. The topological polar surface area (TPSA) is 29.3 Å². The van der Waals surface area contributed by atoms with Crippen LogP contribution in [0, 0.1) is 0 Å². The molecule has 2 heteroatoms. The van der Waals surface area contributed by atoms with Gasteiger partial charge in [0.1, 0.15) is 0 Å². The van der Waals surface area contributed by atoms with E-state index < -0.39 is 0 Å². The van der Waals surface area contributed by atoms with Crippen molar-refractivity contribution in [1.29, 1.82) is 0 Å². The van der Waals surface area contributed by atoms with Gasteiger partial charge in [-0.05, 0) is 45.7 Å². The van der Waals surface area contributed by atoms with Crippen molar-refractivity contribution in [2.24, 2.45) is 5.73 Å². The molecule has 0 amide bonds. The SMILES string of the molecule is CCC1CCCN1CCC(C)N. The summed E-state index contributed by atoms with van der Waals surface area (Å²) in [5.41, 5.74) is 5.73. The summed E-state index contributed by atoms with van der Waals surface area (Å²) in [5, 5.41) is 0. The van der Waals surface area contributed by atoms with Crippen LogP contribution >= 0.6 is 0 Å². The van der Waals surface area contributed by atoms with Crippen molar-refractivity contribution in [3.8, 4) is 0 Å². The predicted octanol–water partition coefficient (Wildman–Crippen LogP) is 1.60. The number of hydrogen-bond donors (Lipinski definition) is 1. The van der Waals surface area contributed by atoms with Gasteiger partial charge in [-0.25, -0.2) is 0 Å². The van der Waals surface area contributed by atoms with E-state index in [-0.39, 0.29) is 0 Å². The summed E-state index contributed by atoms with van der Waals surface area (Å²) in [6.07, 6.45) is 5.24. The van der Waals surface area contributed by atoms with Gasteiger partial charge < -0.3 is 10.6 Å². The fourth-order valence-corrected chi connectivity index (χ4v) is 2.02. The molecule has 2 unspecified atom stereocenters. The molecular formula is C10H22N2. The number of rotatable bonds is 4. The van der Waals surface area contributed by atoms with Gasteiger partial charge in [0.05, 0.1) is 0 Å². The van der Waals surface area contributed by atoms with Gasteiger partial charge in [0.2, 0.25) is 0 Å². The predicted molar refractivity (Wildman–Crippen MR) is 53.2 cm³/mol. The number of nitrogens with two attached hydrogens (primary N) is 1. The third-order valence-electron chi connectivity index (χ3n) is 2.84. The molecule has 0 aromatic carbocycles. The summed E-state index contributed by atoms with van der Waals surface area (Å²) in [6.45, 7) is 6.88. The van der Waals surface area contributed by atoms with E-state index in [9.17, 15) is 0 Å². The lowest BCUT2D eigenvalue weighted by molar-refractivity contribution is 0.240. The van der Waals surface area contributed by atoms with Crippen LogP contribution < -0.4 is 5.73 Å². The highest BCUT2D eigenvalue weighted by Gasteiger charge is 2.21. The minimum Gasteiger partial charge on any atom is -0.328 e. The third-order valence-corrected chi connectivity index (χ3v) is 2.84. The maximum atomic E-state index is 5.73. The smallest absolute Gasteiger partial charge is 0.00931 e. The molecule has 0 spiro atoms. The van der Waals surface area contributed by atoms with Crippen LogP contribution in [0.4, 0.5) is 0 Å². The maximum absolute atomic E-state index is 5.73. The lowest BCUT2D eigenvalue weighted by Crippen LogP contribution is -2.32. The molecule has 0 saturated carbocycles. The van der Waals surface area contributed by atoms with E-state index in [0.717, 1.165) is 12.5 Å². The number of nitrogens with zero attached hydrogens (tertiary/aromatic N) is 1. The van der Waals surface area contributed by atoms with Crippen LogP contribution in [0.25, 0.3) is 0 Å². The molecule has 1 rings (SSSR count). The van der Waals surface area contributed by atoms with E-state index in [1.807, 2.05) is 0 Å². The first-order valence-electron chi connectivity index (χ1n) is 5.23. The van der Waals surface area contributed by atoms with Crippen molar-refractivity contribution in [2.45, 2.75) is 51.6 Å². The largest absolute Gasteiger partial charge is 0.328 e. The van der Waals surface area contributed by atoms with Crippen LogP contribution in [0.15, 0.2) is 0 Å². The molecule has 0 aromatic heterocycles. The molecule has 1 heterocycles. The second-order valence-corrected chi connectivity index (χ2v) is 4.01. The first kappa shape index (κ1) is 10.0. The monoisotopic (exact) mass is 170 g/mol. The van der Waals surface area contributed by atoms with Crippen LogP contribution in [0.1, 0.15) is 39.5 Å². The quantitative estimate of drug-likeness (QED) is 0.694. The minimum atomic E-state index is 0.364. The summed E-state index contributed by atoms with van der Waals surface area (Å²) < 4.78 is 0. The molecule has 1 fully saturated rings. The zero-order valence-corrected chi connectivity index (χ0v) is 8.42. The Kier molecular flexibility index (Phi) is 4.02. The molecule has 2 nitrogen and oxygen atoms in total. The standard InChI is InChI=1S/C10H22N2/c1-3-10-5-4-7-12(10)8-6-9(2)11/h9-10H,3-8,11H2,1-2H3. The molecule has 2 N–H and O–H groups in total. The zero-order valence-electron chi connectivity index (χ0n) is 8.42. The van der Waals surface area contributed by atoms with E-state index in [0.29, 0.717) is 6.04 Å². The van der Waals surface area contributed by atoms with Gasteiger partial charge in [-0.1, -0.05) is 6.92 Å². The van der Waals surface area contributed by atoms with E-state index in [1.54, 1.807) is 0 Å². The Balaban J connectivity index is 2.21. The highest BCUT2D eigenvalue weighted by atomic mass is 15.2. The van der Waals surface area contributed by atoms with Crippen LogP contribution in [0.3, 0.4) is 0 Å². The summed E-state index contributed by atoms with van der Waals surface area (Å²) in [6, 6.07) is 1.21. The Hall–Kier alpha value is -0.0800. The Morgan fingerprint density at radius 3 is 2.92 bits per heavy atom. The third kappa shape index (κ3) is 2.76. The molecule has 0 aliphatic carbocycles. The van der Waals surface area contributed by atoms with Crippen LogP contribution in [-0.4, -0.2) is 30.1 Å². The fourth-order valence-electron chi connectivity index (χ4n) is 2.02. The molecule has 12 heavy (non-hydrogen) atoms. The summed E-state index contributed by atoms with van der Waals surface area (Å²) in [5.74, 6) is 0. The van der Waals surface area contributed by atoms with Gasteiger partial charge in [0.25, 0.3) is 0 Å². The lowest BCUT2D eigenvalue weighted by atomic mass is 10.1. The first-order chi connectivity index (χ1) is 5.74. The van der Waals surface area contributed by atoms with E-state index >= 15 is 0 Å². The molecule has 0 bridgehead atoms. The summed E-state index contributed by atoms with van der Waals surface area (Å²) in [4.78, 5) is 2.60. The Morgan fingerprint density at radius 1 is 1.58 bits per heavy atom. The van der Waals surface area contributed by atoms with Crippen molar-refractivity contribution >= 4 is 0 Å². The molecule has 1 saturated heterocycles. The molecule has 72 valence electrons. The molecule has 1 aliphatic heterocycles. The maximum Gasteiger partial charge on any atom is 0.00931 e. The highest BCUT2D eigenvalue weighted by Crippen LogP contribution is 2.19. The van der Waals surface area contributed by atoms with E-state index in [4.69, 9.17) is 5.73 Å². The Bertz CT molecular complexity index is 123. The molecule has 2 atom stereocenters. The normalized spacial score (nSPS) is 27.8. The van der Waals surface area contributed by atoms with E-state index in [2.05, 4.69) is 18.7 Å². The van der Waals surface area contributed by atoms with Gasteiger partial charge in [-0.15, -0.1) is 0 Å². The molecule has 0 aromatic rings. The van der Waals surface area contributed by atoms with Crippen LogP contribution in [0.2, 0.25) is 0 Å². The fraction of sp³-hybridized carbons (Fsp3) is 1.00. The second kappa shape index (κ2) is 4.83. The molecular weight excluding hydrogens is 148 g/mol. The van der Waals surface area contributed by atoms with Gasteiger partial charge in [-0.2, -0.15) is 0 Å². The lowest BCUT2D eigenvalue weighted by Gasteiger charge is -2.23. The zero-order chi connectivity index (χ0) is 8.97. The summed E-state index contributed by atoms with van der Waals surface area (Å²) in [7, 11) is 0. The van der Waals surface area contributed by atoms with Crippen molar-refractivity contribution in [1.82, 2.24) is 4.90 Å². The van der Waals surface area contributed by atoms with Gasteiger partial charge >= 0.3 is 0 Å². The van der Waals surface area contributed by atoms with Crippen LogP contribution in [-0.2, 0) is 0 Å². The van der Waals surface area contributed by atoms with Crippen molar-refractivity contribution < 1.29 is 0 Å². The van der Waals surface area contributed by atoms with Crippen molar-refractivity contribution in [3.63, 3.8) is 0 Å². The Morgan fingerprint density at radius 2 is 2.33 bits per heavy atom. The van der Waals surface area contributed by atoms with Gasteiger partial charge in [0.15, 0.2) is 0 Å². The van der Waals surface area contributed by atoms with Crippen LogP contribution in [0.5, 0.6) is 0 Å². The minimum absolute atomic E-state index is 0.364. The average molecular weight is 170 g/mol. The number of likely N-dealkylation sites (tertiary alicyclic amines) is 1. The molecule has 1 aliphatic rings. The molecule has 0 radical (unpaired) electrons. The van der Waals surface area contributed by atoms with Crippen molar-refractivity contribution in [2.75, 3.05) is 13.1 Å². The van der Waals surface area contributed by atoms with Gasteiger partial charge in [-0.3, -0.25) is 0 Å². The highest BCUT2D eigenvalue weighted by molar-refractivity contribution is 4.78. The van der Waals surface area contributed by atoms with E-state index in [1.165, 1.54) is 32.4 Å². The number of hydrogen-bond acceptors (Lipinski definition) is 2. The van der Waals surface area contributed by atoms with Crippen molar-refractivity contribution in [3.05, 3.63) is 0 Å². The van der Waals surface area contributed by atoms with Gasteiger partial charge in [0, 0.05) is 12.1 Å². The second-order valence-electron chi connectivity index (χ2n) is 4.01. The average Bonchev–Trinajstić information content (AvgIpc) is 2.47.